The molecule has 0 unspecified atom stereocenters. The molecule has 2 aromatic carbocycles. The van der Waals surface area contributed by atoms with Crippen molar-refractivity contribution in [3.8, 4) is 5.75 Å². The summed E-state index contributed by atoms with van der Waals surface area (Å²) in [5, 5.41) is 5.30. The zero-order valence-corrected chi connectivity index (χ0v) is 14.7. The number of carbonyl (C=O) groups excluding carboxylic acids is 3. The Morgan fingerprint density at radius 3 is 2.58 bits per heavy atom. The Bertz CT molecular complexity index is 810. The maximum atomic E-state index is 12.0. The van der Waals surface area contributed by atoms with Crippen LogP contribution in [0.25, 0.3) is 0 Å². The molecule has 7 nitrogen and oxygen atoms in total. The van der Waals surface area contributed by atoms with E-state index in [1.165, 1.54) is 13.2 Å². The van der Waals surface area contributed by atoms with Gasteiger partial charge in [-0.15, -0.1) is 0 Å². The molecular formula is C18H17ClN2O5. The van der Waals surface area contributed by atoms with Crippen molar-refractivity contribution >= 4 is 35.1 Å². The number of benzene rings is 2. The third-order valence-corrected chi connectivity index (χ3v) is 3.57. The second-order valence-corrected chi connectivity index (χ2v) is 5.51. The van der Waals surface area contributed by atoms with Crippen molar-refractivity contribution < 1.29 is 23.9 Å². The van der Waals surface area contributed by atoms with Crippen LogP contribution in [0.15, 0.2) is 48.5 Å². The Labute approximate surface area is 155 Å². The molecule has 0 saturated carbocycles. The summed E-state index contributed by atoms with van der Waals surface area (Å²) in [4.78, 5) is 35.4. The predicted octanol–water partition coefficient (Wildman–Crippen LogP) is 2.26. The minimum Gasteiger partial charge on any atom is -0.497 e. The number of ether oxygens (including phenoxy) is 2. The monoisotopic (exact) mass is 376 g/mol. The number of methoxy groups -OCH3 is 1. The SMILES string of the molecule is COc1cccc(C(=O)NCC(=O)OCC(=O)Nc2ccccc2Cl)c1. The lowest BCUT2D eigenvalue weighted by atomic mass is 10.2. The van der Waals surface area contributed by atoms with Gasteiger partial charge in [0.15, 0.2) is 6.61 Å². The third-order valence-electron chi connectivity index (χ3n) is 3.24. The zero-order chi connectivity index (χ0) is 18.9. The number of anilines is 1. The summed E-state index contributed by atoms with van der Waals surface area (Å²) in [5.41, 5.74) is 0.759. The highest BCUT2D eigenvalue weighted by molar-refractivity contribution is 6.33. The molecule has 2 N–H and O–H groups in total. The molecule has 0 aliphatic carbocycles. The number of hydrogen-bond acceptors (Lipinski definition) is 5. The first kappa shape index (κ1) is 19.3. The number of esters is 1. The maximum absolute atomic E-state index is 12.0. The van der Waals surface area contributed by atoms with Gasteiger partial charge in [-0.1, -0.05) is 29.8 Å². The number of para-hydroxylation sites is 1. The van der Waals surface area contributed by atoms with Crippen molar-refractivity contribution in [2.75, 3.05) is 25.6 Å². The van der Waals surface area contributed by atoms with Gasteiger partial charge in [-0.05, 0) is 30.3 Å². The molecule has 0 saturated heterocycles. The fourth-order valence-corrected chi connectivity index (χ4v) is 2.15. The molecule has 2 amide bonds. The molecule has 8 heteroatoms. The second-order valence-electron chi connectivity index (χ2n) is 5.10. The lowest BCUT2D eigenvalue weighted by Crippen LogP contribution is -2.32. The van der Waals surface area contributed by atoms with Crippen LogP contribution in [0.4, 0.5) is 5.69 Å². The number of hydrogen-bond donors (Lipinski definition) is 2. The average Bonchev–Trinajstić information content (AvgIpc) is 2.66. The average molecular weight is 377 g/mol. The van der Waals surface area contributed by atoms with Gasteiger partial charge in [0, 0.05) is 5.56 Å². The van der Waals surface area contributed by atoms with Crippen LogP contribution in [-0.4, -0.2) is 38.0 Å². The molecule has 136 valence electrons. The molecule has 0 aromatic heterocycles. The van der Waals surface area contributed by atoms with Crippen molar-refractivity contribution in [1.82, 2.24) is 5.32 Å². The molecule has 0 aliphatic rings. The lowest BCUT2D eigenvalue weighted by molar-refractivity contribution is -0.146. The predicted molar refractivity (Wildman–Crippen MR) is 96.4 cm³/mol. The summed E-state index contributed by atoms with van der Waals surface area (Å²) in [6.07, 6.45) is 0. The first-order valence-electron chi connectivity index (χ1n) is 7.62. The molecule has 26 heavy (non-hydrogen) atoms. The Hall–Kier alpha value is -3.06. The Morgan fingerprint density at radius 2 is 1.85 bits per heavy atom. The van der Waals surface area contributed by atoms with Crippen LogP contribution in [0, 0.1) is 0 Å². The van der Waals surface area contributed by atoms with Crippen molar-refractivity contribution in [2.24, 2.45) is 0 Å². The van der Waals surface area contributed by atoms with Gasteiger partial charge in [0.05, 0.1) is 17.8 Å². The Balaban J connectivity index is 1.75. The third kappa shape index (κ3) is 5.78. The molecule has 0 radical (unpaired) electrons. The minimum absolute atomic E-state index is 0.341. The normalized spacial score (nSPS) is 9.92. The van der Waals surface area contributed by atoms with E-state index in [1.807, 2.05) is 0 Å². The number of nitrogens with one attached hydrogen (secondary N) is 2. The van der Waals surface area contributed by atoms with Gasteiger partial charge in [-0.2, -0.15) is 0 Å². The summed E-state index contributed by atoms with van der Waals surface area (Å²) < 4.78 is 9.84. The van der Waals surface area contributed by atoms with Gasteiger partial charge < -0.3 is 20.1 Å². The standard InChI is InChI=1S/C18H17ClN2O5/c1-25-13-6-4-5-12(9-13)18(24)20-10-17(23)26-11-16(22)21-15-8-3-2-7-14(15)19/h2-9H,10-11H2,1H3,(H,20,24)(H,21,22). The fourth-order valence-electron chi connectivity index (χ4n) is 1.96. The smallest absolute Gasteiger partial charge is 0.325 e. The van der Waals surface area contributed by atoms with Crippen LogP contribution in [0.2, 0.25) is 5.02 Å². The molecule has 0 aliphatic heterocycles. The van der Waals surface area contributed by atoms with E-state index in [2.05, 4.69) is 10.6 Å². The topological polar surface area (TPSA) is 93.7 Å². The van der Waals surface area contributed by atoms with Crippen molar-refractivity contribution in [3.05, 3.63) is 59.1 Å². The summed E-state index contributed by atoms with van der Waals surface area (Å²) in [6.45, 7) is -0.853. The Kier molecular flexibility index (Phi) is 6.99. The molecular weight excluding hydrogens is 360 g/mol. The lowest BCUT2D eigenvalue weighted by Gasteiger charge is -2.09. The quantitative estimate of drug-likeness (QED) is 0.723. The van der Waals surface area contributed by atoms with Crippen LogP contribution in [0.3, 0.4) is 0 Å². The van der Waals surface area contributed by atoms with E-state index in [-0.39, 0.29) is 6.54 Å². The van der Waals surface area contributed by atoms with Crippen LogP contribution < -0.4 is 15.4 Å². The van der Waals surface area contributed by atoms with Crippen LogP contribution in [0.1, 0.15) is 10.4 Å². The first-order chi connectivity index (χ1) is 12.5. The highest BCUT2D eigenvalue weighted by atomic mass is 35.5. The number of carbonyl (C=O) groups is 3. The summed E-state index contributed by atoms with van der Waals surface area (Å²) >= 11 is 5.92. The van der Waals surface area contributed by atoms with E-state index in [9.17, 15) is 14.4 Å². The van der Waals surface area contributed by atoms with Crippen LogP contribution in [-0.2, 0) is 14.3 Å². The molecule has 0 spiro atoms. The summed E-state index contributed by atoms with van der Waals surface area (Å²) in [7, 11) is 1.49. The van der Waals surface area contributed by atoms with Crippen LogP contribution >= 0.6 is 11.6 Å². The first-order valence-corrected chi connectivity index (χ1v) is 7.99. The van der Waals surface area contributed by atoms with Gasteiger partial charge in [-0.25, -0.2) is 0 Å². The van der Waals surface area contributed by atoms with E-state index in [0.717, 1.165) is 0 Å². The van der Waals surface area contributed by atoms with Gasteiger partial charge in [-0.3, -0.25) is 14.4 Å². The molecule has 0 fully saturated rings. The Morgan fingerprint density at radius 1 is 1.08 bits per heavy atom. The second kappa shape index (κ2) is 9.43. The van der Waals surface area contributed by atoms with E-state index in [1.54, 1.807) is 42.5 Å². The summed E-state index contributed by atoms with van der Waals surface area (Å²) in [5.74, 6) is -1.21. The van der Waals surface area contributed by atoms with Gasteiger partial charge >= 0.3 is 5.97 Å². The fraction of sp³-hybridized carbons (Fsp3) is 0.167. The molecule has 0 heterocycles. The number of rotatable bonds is 7. The minimum atomic E-state index is -0.740. The van der Waals surface area contributed by atoms with Gasteiger partial charge in [0.1, 0.15) is 12.3 Å². The molecule has 2 aromatic rings. The van der Waals surface area contributed by atoms with E-state index < -0.39 is 24.4 Å². The largest absolute Gasteiger partial charge is 0.497 e. The molecule has 0 bridgehead atoms. The zero-order valence-electron chi connectivity index (χ0n) is 14.0. The van der Waals surface area contributed by atoms with Gasteiger partial charge in [0.25, 0.3) is 11.8 Å². The van der Waals surface area contributed by atoms with Crippen molar-refractivity contribution in [1.29, 1.82) is 0 Å². The van der Waals surface area contributed by atoms with E-state index in [4.69, 9.17) is 21.1 Å². The number of amides is 2. The van der Waals surface area contributed by atoms with E-state index in [0.29, 0.717) is 22.0 Å². The maximum Gasteiger partial charge on any atom is 0.325 e. The van der Waals surface area contributed by atoms with Crippen molar-refractivity contribution in [3.63, 3.8) is 0 Å². The van der Waals surface area contributed by atoms with E-state index >= 15 is 0 Å². The molecule has 0 atom stereocenters. The number of halogens is 1. The van der Waals surface area contributed by atoms with Crippen molar-refractivity contribution in [2.45, 2.75) is 0 Å². The highest BCUT2D eigenvalue weighted by Crippen LogP contribution is 2.20. The highest BCUT2D eigenvalue weighted by Gasteiger charge is 2.12. The van der Waals surface area contributed by atoms with Gasteiger partial charge in [0.2, 0.25) is 0 Å². The van der Waals surface area contributed by atoms with Crippen LogP contribution in [0.5, 0.6) is 5.75 Å². The summed E-state index contributed by atoms with van der Waals surface area (Å²) in [6, 6.07) is 13.2. The molecule has 2 rings (SSSR count).